The SMILES string of the molecule is Cc1cc(NCCCO)ccc1C#N. The van der Waals surface area contributed by atoms with Crippen LogP contribution in [0.5, 0.6) is 0 Å². The van der Waals surface area contributed by atoms with E-state index in [1.165, 1.54) is 0 Å². The van der Waals surface area contributed by atoms with Gasteiger partial charge in [0.1, 0.15) is 0 Å². The van der Waals surface area contributed by atoms with Gasteiger partial charge in [-0.2, -0.15) is 5.26 Å². The average Bonchev–Trinajstić information content (AvgIpc) is 2.18. The van der Waals surface area contributed by atoms with Crippen LogP contribution in [0.15, 0.2) is 18.2 Å². The number of rotatable bonds is 4. The topological polar surface area (TPSA) is 56.0 Å². The second kappa shape index (κ2) is 5.25. The van der Waals surface area contributed by atoms with Crippen molar-refractivity contribution in [1.29, 1.82) is 5.26 Å². The summed E-state index contributed by atoms with van der Waals surface area (Å²) in [5, 5.41) is 20.5. The van der Waals surface area contributed by atoms with Gasteiger partial charge in [-0.1, -0.05) is 0 Å². The molecule has 0 spiro atoms. The summed E-state index contributed by atoms with van der Waals surface area (Å²) in [6.07, 6.45) is 0.735. The molecule has 0 aliphatic heterocycles. The van der Waals surface area contributed by atoms with E-state index >= 15 is 0 Å². The van der Waals surface area contributed by atoms with Gasteiger partial charge in [0.05, 0.1) is 11.6 Å². The molecule has 0 aliphatic carbocycles. The third-order valence-corrected chi connectivity index (χ3v) is 2.01. The molecule has 0 bridgehead atoms. The summed E-state index contributed by atoms with van der Waals surface area (Å²) in [4.78, 5) is 0. The summed E-state index contributed by atoms with van der Waals surface area (Å²) < 4.78 is 0. The number of anilines is 1. The van der Waals surface area contributed by atoms with Crippen LogP contribution in [0.3, 0.4) is 0 Å². The first-order valence-corrected chi connectivity index (χ1v) is 4.63. The lowest BCUT2D eigenvalue weighted by Gasteiger charge is -2.06. The Morgan fingerprint density at radius 1 is 1.50 bits per heavy atom. The van der Waals surface area contributed by atoms with Crippen LogP contribution in [0.25, 0.3) is 0 Å². The molecule has 0 aliphatic rings. The lowest BCUT2D eigenvalue weighted by Crippen LogP contribution is -2.03. The van der Waals surface area contributed by atoms with Crippen molar-refractivity contribution in [3.05, 3.63) is 29.3 Å². The van der Waals surface area contributed by atoms with Gasteiger partial charge in [0.15, 0.2) is 0 Å². The highest BCUT2D eigenvalue weighted by atomic mass is 16.3. The smallest absolute Gasteiger partial charge is 0.0994 e. The number of aryl methyl sites for hydroxylation is 1. The van der Waals surface area contributed by atoms with Gasteiger partial charge in [-0.05, 0) is 37.1 Å². The number of hydrogen-bond acceptors (Lipinski definition) is 3. The molecule has 0 aromatic heterocycles. The van der Waals surface area contributed by atoms with Crippen LogP contribution in [0.1, 0.15) is 17.5 Å². The molecule has 0 amide bonds. The fraction of sp³-hybridized carbons (Fsp3) is 0.364. The van der Waals surface area contributed by atoms with E-state index in [0.717, 1.165) is 24.2 Å². The van der Waals surface area contributed by atoms with Gasteiger partial charge in [0, 0.05) is 18.8 Å². The molecule has 3 heteroatoms. The Hall–Kier alpha value is -1.53. The third-order valence-electron chi connectivity index (χ3n) is 2.01. The number of benzene rings is 1. The quantitative estimate of drug-likeness (QED) is 0.710. The van der Waals surface area contributed by atoms with Crippen LogP contribution in [0.2, 0.25) is 0 Å². The van der Waals surface area contributed by atoms with E-state index in [9.17, 15) is 0 Å². The molecule has 0 saturated heterocycles. The summed E-state index contributed by atoms with van der Waals surface area (Å²) in [5.41, 5.74) is 2.68. The number of nitriles is 1. The molecule has 0 heterocycles. The van der Waals surface area contributed by atoms with Crippen molar-refractivity contribution in [2.24, 2.45) is 0 Å². The highest BCUT2D eigenvalue weighted by Gasteiger charge is 1.97. The van der Waals surface area contributed by atoms with E-state index in [1.807, 2.05) is 19.1 Å². The second-order valence-corrected chi connectivity index (χ2v) is 3.15. The molecule has 0 unspecified atom stereocenters. The van der Waals surface area contributed by atoms with Gasteiger partial charge in [-0.25, -0.2) is 0 Å². The van der Waals surface area contributed by atoms with Crippen LogP contribution in [0, 0.1) is 18.3 Å². The molecule has 0 radical (unpaired) electrons. The predicted octanol–water partition coefficient (Wildman–Crippen LogP) is 1.66. The Morgan fingerprint density at radius 2 is 2.29 bits per heavy atom. The van der Waals surface area contributed by atoms with Gasteiger partial charge >= 0.3 is 0 Å². The van der Waals surface area contributed by atoms with Crippen LogP contribution < -0.4 is 5.32 Å². The van der Waals surface area contributed by atoms with Gasteiger partial charge < -0.3 is 10.4 Å². The Morgan fingerprint density at radius 3 is 2.86 bits per heavy atom. The molecule has 2 N–H and O–H groups in total. The fourth-order valence-electron chi connectivity index (χ4n) is 1.21. The van der Waals surface area contributed by atoms with Crippen molar-refractivity contribution in [2.45, 2.75) is 13.3 Å². The Kier molecular flexibility index (Phi) is 3.96. The van der Waals surface area contributed by atoms with E-state index in [4.69, 9.17) is 10.4 Å². The number of nitrogens with zero attached hydrogens (tertiary/aromatic N) is 1. The van der Waals surface area contributed by atoms with Gasteiger partial charge in [0.25, 0.3) is 0 Å². The number of nitrogens with one attached hydrogen (secondary N) is 1. The van der Waals surface area contributed by atoms with Crippen molar-refractivity contribution in [1.82, 2.24) is 0 Å². The zero-order valence-electron chi connectivity index (χ0n) is 8.25. The molecule has 0 saturated carbocycles. The molecule has 3 nitrogen and oxygen atoms in total. The van der Waals surface area contributed by atoms with Crippen LogP contribution in [0.4, 0.5) is 5.69 Å². The predicted molar refractivity (Wildman–Crippen MR) is 56.1 cm³/mol. The molecular formula is C11H14N2O. The first-order chi connectivity index (χ1) is 6.77. The first kappa shape index (κ1) is 10.6. The standard InChI is InChI=1S/C11H14N2O/c1-9-7-11(13-5-2-6-14)4-3-10(9)8-12/h3-4,7,13-14H,2,5-6H2,1H3. The van der Waals surface area contributed by atoms with Gasteiger partial charge in [0.2, 0.25) is 0 Å². The van der Waals surface area contributed by atoms with Gasteiger partial charge in [-0.15, -0.1) is 0 Å². The minimum Gasteiger partial charge on any atom is -0.396 e. The largest absolute Gasteiger partial charge is 0.396 e. The summed E-state index contributed by atoms with van der Waals surface area (Å²) in [6, 6.07) is 7.74. The maximum atomic E-state index is 8.72. The van der Waals surface area contributed by atoms with E-state index in [1.54, 1.807) is 6.07 Å². The normalized spacial score (nSPS) is 9.50. The van der Waals surface area contributed by atoms with Crippen molar-refractivity contribution in [3.8, 4) is 6.07 Å². The van der Waals surface area contributed by atoms with Crippen molar-refractivity contribution in [3.63, 3.8) is 0 Å². The van der Waals surface area contributed by atoms with Crippen LogP contribution in [-0.2, 0) is 0 Å². The summed E-state index contributed by atoms with van der Waals surface area (Å²) in [6.45, 7) is 2.86. The molecule has 1 rings (SSSR count). The van der Waals surface area contributed by atoms with E-state index in [-0.39, 0.29) is 6.61 Å². The molecule has 74 valence electrons. The van der Waals surface area contributed by atoms with Crippen LogP contribution >= 0.6 is 0 Å². The summed E-state index contributed by atoms with van der Waals surface area (Å²) in [5.74, 6) is 0. The molecule has 14 heavy (non-hydrogen) atoms. The maximum absolute atomic E-state index is 8.72. The number of aliphatic hydroxyl groups is 1. The highest BCUT2D eigenvalue weighted by Crippen LogP contribution is 2.13. The van der Waals surface area contributed by atoms with Crippen molar-refractivity contribution >= 4 is 5.69 Å². The van der Waals surface area contributed by atoms with E-state index in [2.05, 4.69) is 11.4 Å². The minimum absolute atomic E-state index is 0.197. The maximum Gasteiger partial charge on any atom is 0.0994 e. The molecular weight excluding hydrogens is 176 g/mol. The van der Waals surface area contributed by atoms with Gasteiger partial charge in [-0.3, -0.25) is 0 Å². The average molecular weight is 190 g/mol. The second-order valence-electron chi connectivity index (χ2n) is 3.15. The van der Waals surface area contributed by atoms with E-state index in [0.29, 0.717) is 5.56 Å². The Labute approximate surface area is 84.0 Å². The monoisotopic (exact) mass is 190 g/mol. The Bertz CT molecular complexity index is 342. The molecule has 0 fully saturated rings. The lowest BCUT2D eigenvalue weighted by molar-refractivity contribution is 0.292. The number of hydrogen-bond donors (Lipinski definition) is 2. The molecule has 0 atom stereocenters. The Balaban J connectivity index is 2.63. The minimum atomic E-state index is 0.197. The summed E-state index contributed by atoms with van der Waals surface area (Å²) in [7, 11) is 0. The van der Waals surface area contributed by atoms with Crippen LogP contribution in [-0.4, -0.2) is 18.3 Å². The number of aliphatic hydroxyl groups excluding tert-OH is 1. The fourth-order valence-corrected chi connectivity index (χ4v) is 1.21. The van der Waals surface area contributed by atoms with Crippen molar-refractivity contribution < 1.29 is 5.11 Å². The molecule has 1 aromatic rings. The van der Waals surface area contributed by atoms with Crippen molar-refractivity contribution in [2.75, 3.05) is 18.5 Å². The zero-order chi connectivity index (χ0) is 10.4. The third kappa shape index (κ3) is 2.75. The highest BCUT2D eigenvalue weighted by molar-refractivity contribution is 5.51. The summed E-state index contributed by atoms with van der Waals surface area (Å²) >= 11 is 0. The zero-order valence-corrected chi connectivity index (χ0v) is 8.25. The molecule has 1 aromatic carbocycles. The lowest BCUT2D eigenvalue weighted by atomic mass is 10.1. The van der Waals surface area contributed by atoms with E-state index < -0.39 is 0 Å². The first-order valence-electron chi connectivity index (χ1n) is 4.63.